The fourth-order valence-electron chi connectivity index (χ4n) is 5.20. The highest BCUT2D eigenvalue weighted by molar-refractivity contribution is 5.83. The lowest BCUT2D eigenvalue weighted by Crippen LogP contribution is -2.41. The van der Waals surface area contributed by atoms with Crippen LogP contribution in [-0.4, -0.2) is 36.2 Å². The Balaban J connectivity index is 1.61. The van der Waals surface area contributed by atoms with Crippen LogP contribution >= 0.6 is 0 Å². The molecule has 6 nitrogen and oxygen atoms in total. The van der Waals surface area contributed by atoms with Crippen molar-refractivity contribution >= 4 is 17.9 Å². The van der Waals surface area contributed by atoms with Gasteiger partial charge in [0.2, 0.25) is 0 Å². The minimum Gasteiger partial charge on any atom is -0.481 e. The Hall–Kier alpha value is -1.85. The van der Waals surface area contributed by atoms with Gasteiger partial charge < -0.3 is 14.6 Å². The van der Waals surface area contributed by atoms with Gasteiger partial charge in [-0.15, -0.1) is 0 Å². The third-order valence-electron chi connectivity index (χ3n) is 5.87. The van der Waals surface area contributed by atoms with Gasteiger partial charge in [-0.3, -0.25) is 9.59 Å². The molecule has 0 aliphatic heterocycles. The molecule has 23 heavy (non-hydrogen) atoms. The molecule has 6 atom stereocenters. The largest absolute Gasteiger partial charge is 0.481 e. The molecule has 0 saturated heterocycles. The average molecular weight is 322 g/mol. The number of carbonyl (C=O) groups excluding carboxylic acids is 2. The summed E-state index contributed by atoms with van der Waals surface area (Å²) in [5.74, 6) is -1.89. The first kappa shape index (κ1) is 16.0. The molecule has 2 bridgehead atoms. The molecule has 0 aromatic carbocycles. The van der Waals surface area contributed by atoms with Gasteiger partial charge >= 0.3 is 17.9 Å². The summed E-state index contributed by atoms with van der Waals surface area (Å²) >= 11 is 0. The first-order chi connectivity index (χ1) is 11.0. The lowest BCUT2D eigenvalue weighted by molar-refractivity contribution is -0.164. The molecule has 3 saturated carbocycles. The monoisotopic (exact) mass is 322 g/mol. The SMILES string of the molecule is C=CC(=O)OCCOC(=O)C1C(C(=O)O)[C@H]2C[C@@H]1C1CCCC12. The molecule has 0 spiro atoms. The molecule has 0 heterocycles. The van der Waals surface area contributed by atoms with Gasteiger partial charge in [-0.2, -0.15) is 0 Å². The van der Waals surface area contributed by atoms with Crippen molar-refractivity contribution in [1.82, 2.24) is 0 Å². The molecule has 126 valence electrons. The van der Waals surface area contributed by atoms with E-state index in [9.17, 15) is 19.5 Å². The van der Waals surface area contributed by atoms with E-state index >= 15 is 0 Å². The summed E-state index contributed by atoms with van der Waals surface area (Å²) in [5, 5.41) is 9.56. The molecule has 3 fully saturated rings. The smallest absolute Gasteiger partial charge is 0.330 e. The highest BCUT2D eigenvalue weighted by Crippen LogP contribution is 2.63. The highest BCUT2D eigenvalue weighted by atomic mass is 16.6. The predicted octanol–water partition coefficient (Wildman–Crippen LogP) is 1.64. The maximum Gasteiger partial charge on any atom is 0.330 e. The van der Waals surface area contributed by atoms with Gasteiger partial charge in [0.25, 0.3) is 0 Å². The van der Waals surface area contributed by atoms with Crippen molar-refractivity contribution in [3.05, 3.63) is 12.7 Å². The van der Waals surface area contributed by atoms with E-state index in [1.165, 1.54) is 0 Å². The van der Waals surface area contributed by atoms with Crippen LogP contribution in [0.15, 0.2) is 12.7 Å². The van der Waals surface area contributed by atoms with Gasteiger partial charge in [0.15, 0.2) is 0 Å². The number of rotatable bonds is 6. The Bertz CT molecular complexity index is 527. The van der Waals surface area contributed by atoms with Gasteiger partial charge in [0.1, 0.15) is 13.2 Å². The molecule has 0 aromatic rings. The first-order valence-corrected chi connectivity index (χ1v) is 8.23. The van der Waals surface area contributed by atoms with Crippen LogP contribution in [0.3, 0.4) is 0 Å². The third kappa shape index (κ3) is 2.75. The van der Waals surface area contributed by atoms with Crippen molar-refractivity contribution in [1.29, 1.82) is 0 Å². The number of carboxylic acid groups (broad SMARTS) is 1. The van der Waals surface area contributed by atoms with Gasteiger partial charge in [-0.25, -0.2) is 4.79 Å². The zero-order valence-corrected chi connectivity index (χ0v) is 13.0. The number of hydrogen-bond donors (Lipinski definition) is 1. The van der Waals surface area contributed by atoms with Crippen molar-refractivity contribution < 1.29 is 29.0 Å². The van der Waals surface area contributed by atoms with Crippen molar-refractivity contribution in [3.8, 4) is 0 Å². The summed E-state index contributed by atoms with van der Waals surface area (Å²) in [4.78, 5) is 35.0. The second kappa shape index (κ2) is 6.34. The summed E-state index contributed by atoms with van der Waals surface area (Å²) in [7, 11) is 0. The molecule has 3 aliphatic rings. The molecular formula is C17H22O6. The Morgan fingerprint density at radius 3 is 2.22 bits per heavy atom. The molecule has 1 N–H and O–H groups in total. The molecule has 3 rings (SSSR count). The molecule has 0 amide bonds. The van der Waals surface area contributed by atoms with Crippen LogP contribution in [0.5, 0.6) is 0 Å². The zero-order valence-electron chi connectivity index (χ0n) is 13.0. The van der Waals surface area contributed by atoms with E-state index in [-0.39, 0.29) is 25.0 Å². The predicted molar refractivity (Wildman–Crippen MR) is 79.2 cm³/mol. The van der Waals surface area contributed by atoms with Crippen molar-refractivity contribution in [2.75, 3.05) is 13.2 Å². The van der Waals surface area contributed by atoms with Crippen LogP contribution in [0, 0.1) is 35.5 Å². The summed E-state index contributed by atoms with van der Waals surface area (Å²) in [5.41, 5.74) is 0. The molecule has 4 unspecified atom stereocenters. The lowest BCUT2D eigenvalue weighted by atomic mass is 9.69. The van der Waals surface area contributed by atoms with Gasteiger partial charge in [0, 0.05) is 6.08 Å². The van der Waals surface area contributed by atoms with Crippen molar-refractivity contribution in [2.45, 2.75) is 25.7 Å². The van der Waals surface area contributed by atoms with E-state index in [4.69, 9.17) is 9.47 Å². The fourth-order valence-corrected chi connectivity index (χ4v) is 5.20. The maximum atomic E-state index is 12.4. The maximum absolute atomic E-state index is 12.4. The number of carboxylic acids is 1. The number of carbonyl (C=O) groups is 3. The fraction of sp³-hybridized carbons (Fsp3) is 0.706. The van der Waals surface area contributed by atoms with Crippen LogP contribution in [-0.2, 0) is 23.9 Å². The number of fused-ring (bicyclic) bond motifs is 5. The third-order valence-corrected chi connectivity index (χ3v) is 5.87. The van der Waals surface area contributed by atoms with Crippen LogP contribution in [0.1, 0.15) is 25.7 Å². The Morgan fingerprint density at radius 1 is 1.00 bits per heavy atom. The number of esters is 2. The Labute approximate surface area is 134 Å². The van der Waals surface area contributed by atoms with E-state index in [1.54, 1.807) is 0 Å². The molecule has 0 aromatic heterocycles. The summed E-state index contributed by atoms with van der Waals surface area (Å²) in [6.07, 6.45) is 5.19. The number of hydrogen-bond acceptors (Lipinski definition) is 5. The number of aliphatic carboxylic acids is 1. The van der Waals surface area contributed by atoms with E-state index < -0.39 is 29.7 Å². The summed E-state index contributed by atoms with van der Waals surface area (Å²) in [6, 6.07) is 0. The van der Waals surface area contributed by atoms with Crippen molar-refractivity contribution in [3.63, 3.8) is 0 Å². The first-order valence-electron chi connectivity index (χ1n) is 8.23. The molecule has 3 aliphatic carbocycles. The van der Waals surface area contributed by atoms with Crippen LogP contribution < -0.4 is 0 Å². The van der Waals surface area contributed by atoms with Crippen molar-refractivity contribution in [2.24, 2.45) is 35.5 Å². The number of ether oxygens (including phenoxy) is 2. The summed E-state index contributed by atoms with van der Waals surface area (Å²) in [6.45, 7) is 3.19. The molecule has 6 heteroatoms. The van der Waals surface area contributed by atoms with Gasteiger partial charge in [-0.1, -0.05) is 13.0 Å². The van der Waals surface area contributed by atoms with Crippen LogP contribution in [0.4, 0.5) is 0 Å². The molecule has 0 radical (unpaired) electrons. The molecular weight excluding hydrogens is 300 g/mol. The lowest BCUT2D eigenvalue weighted by Gasteiger charge is -2.34. The minimum atomic E-state index is -0.886. The van der Waals surface area contributed by atoms with Crippen LogP contribution in [0.2, 0.25) is 0 Å². The van der Waals surface area contributed by atoms with E-state index in [0.29, 0.717) is 11.8 Å². The second-order valence-corrected chi connectivity index (χ2v) is 6.75. The Morgan fingerprint density at radius 2 is 1.61 bits per heavy atom. The normalized spacial score (nSPS) is 37.2. The van der Waals surface area contributed by atoms with Gasteiger partial charge in [-0.05, 0) is 42.9 Å². The van der Waals surface area contributed by atoms with Gasteiger partial charge in [0.05, 0.1) is 11.8 Å². The summed E-state index contributed by atoms with van der Waals surface area (Å²) < 4.78 is 9.95. The van der Waals surface area contributed by atoms with E-state index in [1.807, 2.05) is 0 Å². The standard InChI is InChI=1S/C17H22O6/c1-2-13(18)22-6-7-23-17(21)15-12-8-11(14(15)16(19)20)9-4-3-5-10(9)12/h2,9-12,14-15H,1,3-8H2,(H,19,20)/t9?,10?,11-,12+,14?,15?/m0/s1. The highest BCUT2D eigenvalue weighted by Gasteiger charge is 2.63. The Kier molecular flexibility index (Phi) is 4.41. The van der Waals surface area contributed by atoms with Crippen LogP contribution in [0.25, 0.3) is 0 Å². The minimum absolute atomic E-state index is 0.0405. The van der Waals surface area contributed by atoms with E-state index in [2.05, 4.69) is 6.58 Å². The average Bonchev–Trinajstić information content (AvgIpc) is 3.20. The zero-order chi connectivity index (χ0) is 16.6. The second-order valence-electron chi connectivity index (χ2n) is 6.75. The quantitative estimate of drug-likeness (QED) is 0.454. The van der Waals surface area contributed by atoms with E-state index in [0.717, 1.165) is 31.8 Å². The topological polar surface area (TPSA) is 89.9 Å².